The smallest absolute Gasteiger partial charge is 0.421 e. The Morgan fingerprint density at radius 2 is 1.48 bits per heavy atom. The Balaban J connectivity index is 1.54. The Morgan fingerprint density at radius 3 is 2.13 bits per heavy atom. The topological polar surface area (TPSA) is 59.1 Å². The van der Waals surface area contributed by atoms with Crippen molar-refractivity contribution in [3.8, 4) is 5.75 Å². The minimum absolute atomic E-state index is 0.0525. The molecule has 1 fully saturated rings. The third-order valence-corrected chi connectivity index (χ3v) is 4.92. The van der Waals surface area contributed by atoms with Gasteiger partial charge in [-0.2, -0.15) is 18.2 Å². The number of halogens is 4. The first kappa shape index (κ1) is 20.9. The van der Waals surface area contributed by atoms with Gasteiger partial charge in [-0.1, -0.05) is 0 Å². The van der Waals surface area contributed by atoms with Crippen LogP contribution in [0.5, 0.6) is 5.75 Å². The Morgan fingerprint density at radius 1 is 0.871 bits per heavy atom. The largest absolute Gasteiger partial charge is 0.490 e. The van der Waals surface area contributed by atoms with Gasteiger partial charge in [-0.25, -0.2) is 9.37 Å². The van der Waals surface area contributed by atoms with Crippen LogP contribution in [0.1, 0.15) is 31.2 Å². The minimum atomic E-state index is -4.64. The number of ether oxygens (including phenoxy) is 1. The number of nitrogens with one attached hydrogen (secondary N) is 2. The van der Waals surface area contributed by atoms with Gasteiger partial charge in [0.15, 0.2) is 0 Å². The summed E-state index contributed by atoms with van der Waals surface area (Å²) in [5.41, 5.74) is -0.125. The monoisotopic (exact) mass is 432 g/mol. The molecule has 0 bridgehead atoms. The fourth-order valence-corrected chi connectivity index (χ4v) is 3.36. The van der Waals surface area contributed by atoms with Crippen molar-refractivity contribution in [3.63, 3.8) is 0 Å². The van der Waals surface area contributed by atoms with Crippen LogP contribution in [0.2, 0.25) is 0 Å². The van der Waals surface area contributed by atoms with Gasteiger partial charge in [0, 0.05) is 17.6 Å². The number of alkyl halides is 3. The predicted octanol–water partition coefficient (Wildman–Crippen LogP) is 6.44. The minimum Gasteiger partial charge on any atom is -0.490 e. The van der Waals surface area contributed by atoms with Gasteiger partial charge in [0.1, 0.15) is 22.9 Å². The fraction of sp³-hybridized carbons (Fsp3) is 0.273. The molecule has 1 saturated carbocycles. The van der Waals surface area contributed by atoms with E-state index in [0.717, 1.165) is 25.7 Å². The highest BCUT2D eigenvalue weighted by Crippen LogP contribution is 2.35. The molecule has 2 aromatic carbocycles. The lowest BCUT2D eigenvalue weighted by Gasteiger charge is -2.16. The fourth-order valence-electron chi connectivity index (χ4n) is 3.36. The van der Waals surface area contributed by atoms with Crippen molar-refractivity contribution in [2.45, 2.75) is 38.0 Å². The van der Waals surface area contributed by atoms with E-state index in [1.54, 1.807) is 24.3 Å². The number of benzene rings is 2. The van der Waals surface area contributed by atoms with Crippen molar-refractivity contribution in [2.75, 3.05) is 10.6 Å². The molecule has 9 heteroatoms. The second-order valence-corrected chi connectivity index (χ2v) is 7.26. The third kappa shape index (κ3) is 5.42. The third-order valence-electron chi connectivity index (χ3n) is 4.92. The molecule has 0 unspecified atom stereocenters. The first-order valence-corrected chi connectivity index (χ1v) is 9.87. The number of hydrogen-bond acceptors (Lipinski definition) is 5. The van der Waals surface area contributed by atoms with Crippen LogP contribution in [0.25, 0.3) is 0 Å². The molecule has 1 aromatic heterocycles. The quantitative estimate of drug-likeness (QED) is 0.439. The lowest BCUT2D eigenvalue weighted by atomic mass is 10.2. The second kappa shape index (κ2) is 8.79. The summed E-state index contributed by atoms with van der Waals surface area (Å²) in [6, 6.07) is 12.0. The highest BCUT2D eigenvalue weighted by Gasteiger charge is 2.35. The molecule has 0 spiro atoms. The molecule has 0 atom stereocenters. The average molecular weight is 432 g/mol. The van der Waals surface area contributed by atoms with Crippen LogP contribution in [-0.2, 0) is 6.18 Å². The molecule has 0 radical (unpaired) electrons. The lowest BCUT2D eigenvalue weighted by Crippen LogP contribution is -2.13. The van der Waals surface area contributed by atoms with E-state index in [2.05, 4.69) is 20.6 Å². The molecule has 2 N–H and O–H groups in total. The summed E-state index contributed by atoms with van der Waals surface area (Å²) in [7, 11) is 0. The maximum Gasteiger partial charge on any atom is 0.421 e. The van der Waals surface area contributed by atoms with E-state index < -0.39 is 23.4 Å². The zero-order valence-corrected chi connectivity index (χ0v) is 16.4. The van der Waals surface area contributed by atoms with E-state index in [4.69, 9.17) is 4.74 Å². The normalized spacial score (nSPS) is 14.5. The average Bonchev–Trinajstić information content (AvgIpc) is 3.24. The number of aromatic nitrogens is 2. The highest BCUT2D eigenvalue weighted by molar-refractivity contribution is 5.63. The molecular weight excluding hydrogens is 412 g/mol. The SMILES string of the molecule is Fc1ccc(Nc2ncc(C(F)(F)F)c(Nc3ccc(OC4CCCC4)cc3)n2)cc1. The summed E-state index contributed by atoms with van der Waals surface area (Å²) in [5.74, 6) is -0.198. The van der Waals surface area contributed by atoms with Gasteiger partial charge in [-0.05, 0) is 74.2 Å². The van der Waals surface area contributed by atoms with Crippen molar-refractivity contribution in [1.29, 1.82) is 0 Å². The van der Waals surface area contributed by atoms with Crippen molar-refractivity contribution in [1.82, 2.24) is 9.97 Å². The van der Waals surface area contributed by atoms with Crippen molar-refractivity contribution < 1.29 is 22.3 Å². The molecule has 0 aliphatic heterocycles. The Kier molecular flexibility index (Phi) is 5.92. The van der Waals surface area contributed by atoms with Crippen LogP contribution in [0.3, 0.4) is 0 Å². The Hall–Kier alpha value is -3.36. The molecule has 1 heterocycles. The summed E-state index contributed by atoms with van der Waals surface area (Å²) in [5, 5.41) is 5.48. The summed E-state index contributed by atoms with van der Waals surface area (Å²) in [6.07, 6.45) is 0.581. The molecule has 5 nitrogen and oxygen atoms in total. The van der Waals surface area contributed by atoms with Gasteiger partial charge in [-0.3, -0.25) is 0 Å². The van der Waals surface area contributed by atoms with Gasteiger partial charge in [0.25, 0.3) is 0 Å². The number of nitrogens with zero attached hydrogens (tertiary/aromatic N) is 2. The van der Waals surface area contributed by atoms with Gasteiger partial charge < -0.3 is 15.4 Å². The van der Waals surface area contributed by atoms with E-state index >= 15 is 0 Å². The van der Waals surface area contributed by atoms with Gasteiger partial charge in [0.2, 0.25) is 5.95 Å². The van der Waals surface area contributed by atoms with Gasteiger partial charge >= 0.3 is 6.18 Å². The Bertz CT molecular complexity index is 1020. The van der Waals surface area contributed by atoms with Crippen LogP contribution >= 0.6 is 0 Å². The number of hydrogen-bond donors (Lipinski definition) is 2. The molecule has 31 heavy (non-hydrogen) atoms. The molecular formula is C22H20F4N4O. The maximum atomic E-state index is 13.4. The number of anilines is 4. The summed E-state index contributed by atoms with van der Waals surface area (Å²) in [6.45, 7) is 0. The first-order valence-electron chi connectivity index (χ1n) is 9.87. The molecule has 4 rings (SSSR count). The van der Waals surface area contributed by atoms with Gasteiger partial charge in [0.05, 0.1) is 6.10 Å². The van der Waals surface area contributed by atoms with E-state index in [9.17, 15) is 17.6 Å². The first-order chi connectivity index (χ1) is 14.9. The number of rotatable bonds is 6. The van der Waals surface area contributed by atoms with Crippen LogP contribution in [0.4, 0.5) is 40.7 Å². The summed E-state index contributed by atoms with van der Waals surface area (Å²) in [4.78, 5) is 7.72. The molecule has 0 saturated heterocycles. The van der Waals surface area contributed by atoms with Crippen LogP contribution in [0.15, 0.2) is 54.7 Å². The summed E-state index contributed by atoms with van der Waals surface area (Å²) < 4.78 is 59.3. The van der Waals surface area contributed by atoms with Gasteiger partial charge in [-0.15, -0.1) is 0 Å². The predicted molar refractivity (Wildman–Crippen MR) is 109 cm³/mol. The van der Waals surface area contributed by atoms with Crippen LogP contribution in [-0.4, -0.2) is 16.1 Å². The zero-order valence-electron chi connectivity index (χ0n) is 16.4. The Labute approximate surface area is 176 Å². The van der Waals surface area contributed by atoms with Crippen LogP contribution in [0, 0.1) is 5.82 Å². The lowest BCUT2D eigenvalue weighted by molar-refractivity contribution is -0.137. The molecule has 3 aromatic rings. The molecule has 1 aliphatic rings. The van der Waals surface area contributed by atoms with E-state index in [1.165, 1.54) is 24.3 Å². The van der Waals surface area contributed by atoms with Crippen LogP contribution < -0.4 is 15.4 Å². The zero-order chi connectivity index (χ0) is 21.8. The maximum absolute atomic E-state index is 13.4. The van der Waals surface area contributed by atoms with Crippen molar-refractivity contribution in [2.24, 2.45) is 0 Å². The molecule has 0 amide bonds. The van der Waals surface area contributed by atoms with E-state index in [0.29, 0.717) is 23.3 Å². The molecule has 162 valence electrons. The van der Waals surface area contributed by atoms with E-state index in [1.807, 2.05) is 0 Å². The highest BCUT2D eigenvalue weighted by atomic mass is 19.4. The summed E-state index contributed by atoms with van der Waals surface area (Å²) >= 11 is 0. The van der Waals surface area contributed by atoms with E-state index in [-0.39, 0.29) is 12.1 Å². The standard InChI is InChI=1S/C22H20F4N4O/c23-14-5-7-16(8-6-14)29-21-27-13-19(22(24,25)26)20(30-21)28-15-9-11-18(12-10-15)31-17-3-1-2-4-17/h5-13,17H,1-4H2,(H2,27,28,29,30). The van der Waals surface area contributed by atoms with Crippen molar-refractivity contribution >= 4 is 23.1 Å². The second-order valence-electron chi connectivity index (χ2n) is 7.26. The molecule has 1 aliphatic carbocycles. The van der Waals surface area contributed by atoms with Crippen molar-refractivity contribution in [3.05, 3.63) is 66.1 Å².